The van der Waals surface area contributed by atoms with E-state index >= 15 is 0 Å². The molecule has 0 saturated heterocycles. The number of hydrogen-bond acceptors (Lipinski definition) is 4. The van der Waals surface area contributed by atoms with Crippen molar-refractivity contribution in [1.82, 2.24) is 24.9 Å². The summed E-state index contributed by atoms with van der Waals surface area (Å²) in [5.74, 6) is 0.400. The molecule has 6 heteroatoms. The van der Waals surface area contributed by atoms with E-state index in [-0.39, 0.29) is 17.8 Å². The fraction of sp³-hybridized carbons (Fsp3) is 0.538. The summed E-state index contributed by atoms with van der Waals surface area (Å²) in [6.45, 7) is 7.89. The van der Waals surface area contributed by atoms with Crippen LogP contribution in [0.3, 0.4) is 0 Å². The molecule has 0 atom stereocenters. The summed E-state index contributed by atoms with van der Waals surface area (Å²) in [7, 11) is 0. The van der Waals surface area contributed by atoms with E-state index < -0.39 is 0 Å². The Labute approximate surface area is 112 Å². The van der Waals surface area contributed by atoms with E-state index in [9.17, 15) is 4.79 Å². The summed E-state index contributed by atoms with van der Waals surface area (Å²) >= 11 is 0. The van der Waals surface area contributed by atoms with Crippen LogP contribution in [-0.2, 0) is 0 Å². The number of aromatic nitrogens is 4. The largest absolute Gasteiger partial charge is 0.347 e. The molecule has 1 N–H and O–H groups in total. The van der Waals surface area contributed by atoms with Crippen molar-refractivity contribution >= 4 is 11.7 Å². The summed E-state index contributed by atoms with van der Waals surface area (Å²) in [4.78, 5) is 20.5. The van der Waals surface area contributed by atoms with Crippen molar-refractivity contribution in [3.05, 3.63) is 23.3 Å². The van der Waals surface area contributed by atoms with Gasteiger partial charge in [0.15, 0.2) is 0 Å². The standard InChI is InChI=1S/C13H19N5O/c1-5-10(6-2)15-12(19)11-16-13-14-8(3)7-9(4)18(13)17-11/h7,10H,5-6H2,1-4H3,(H,15,19). The minimum atomic E-state index is -0.240. The van der Waals surface area contributed by atoms with Gasteiger partial charge in [-0.2, -0.15) is 4.98 Å². The third-order valence-electron chi connectivity index (χ3n) is 3.14. The van der Waals surface area contributed by atoms with Crippen LogP contribution in [0.1, 0.15) is 48.7 Å². The van der Waals surface area contributed by atoms with E-state index in [2.05, 4.69) is 20.4 Å². The highest BCUT2D eigenvalue weighted by molar-refractivity contribution is 5.91. The Morgan fingerprint density at radius 2 is 2.00 bits per heavy atom. The molecular formula is C13H19N5O. The molecule has 19 heavy (non-hydrogen) atoms. The number of fused-ring (bicyclic) bond motifs is 1. The third kappa shape index (κ3) is 2.72. The van der Waals surface area contributed by atoms with Gasteiger partial charge in [-0.1, -0.05) is 13.8 Å². The monoisotopic (exact) mass is 261 g/mol. The van der Waals surface area contributed by atoms with Crippen LogP contribution in [0.25, 0.3) is 5.78 Å². The molecule has 0 bridgehead atoms. The lowest BCUT2D eigenvalue weighted by Crippen LogP contribution is -2.34. The Bertz CT molecular complexity index is 600. The lowest BCUT2D eigenvalue weighted by molar-refractivity contribution is 0.0924. The van der Waals surface area contributed by atoms with E-state index in [1.54, 1.807) is 4.52 Å². The average molecular weight is 261 g/mol. The molecule has 0 fully saturated rings. The molecule has 0 aliphatic rings. The predicted octanol–water partition coefficient (Wildman–Crippen LogP) is 1.66. The first-order chi connectivity index (χ1) is 9.05. The molecule has 0 unspecified atom stereocenters. The number of hydrogen-bond donors (Lipinski definition) is 1. The zero-order chi connectivity index (χ0) is 14.0. The maximum Gasteiger partial charge on any atom is 0.291 e. The van der Waals surface area contributed by atoms with E-state index in [0.717, 1.165) is 24.2 Å². The Kier molecular flexibility index (Phi) is 3.78. The maximum atomic E-state index is 12.1. The van der Waals surface area contributed by atoms with Crippen LogP contribution in [0, 0.1) is 13.8 Å². The van der Waals surface area contributed by atoms with Gasteiger partial charge >= 0.3 is 0 Å². The number of nitrogens with zero attached hydrogens (tertiary/aromatic N) is 4. The Balaban J connectivity index is 2.31. The van der Waals surface area contributed by atoms with Crippen LogP contribution < -0.4 is 5.32 Å². The normalized spacial score (nSPS) is 11.2. The van der Waals surface area contributed by atoms with Crippen molar-refractivity contribution in [2.45, 2.75) is 46.6 Å². The molecule has 2 aromatic heterocycles. The molecular weight excluding hydrogens is 242 g/mol. The van der Waals surface area contributed by atoms with Gasteiger partial charge in [-0.3, -0.25) is 4.79 Å². The van der Waals surface area contributed by atoms with E-state index in [1.807, 2.05) is 33.8 Å². The topological polar surface area (TPSA) is 72.2 Å². The van der Waals surface area contributed by atoms with Gasteiger partial charge in [0, 0.05) is 17.4 Å². The second kappa shape index (κ2) is 5.34. The van der Waals surface area contributed by atoms with E-state index in [4.69, 9.17) is 0 Å². The van der Waals surface area contributed by atoms with Gasteiger partial charge in [-0.15, -0.1) is 5.10 Å². The molecule has 1 amide bonds. The van der Waals surface area contributed by atoms with Gasteiger partial charge in [0.2, 0.25) is 5.82 Å². The highest BCUT2D eigenvalue weighted by atomic mass is 16.2. The van der Waals surface area contributed by atoms with Gasteiger partial charge in [-0.25, -0.2) is 9.50 Å². The summed E-state index contributed by atoms with van der Waals surface area (Å²) in [5, 5.41) is 7.13. The van der Waals surface area contributed by atoms with Crippen LogP contribution in [0.4, 0.5) is 0 Å². The van der Waals surface area contributed by atoms with Crippen LogP contribution in [-0.4, -0.2) is 31.5 Å². The third-order valence-corrected chi connectivity index (χ3v) is 3.14. The minimum absolute atomic E-state index is 0.162. The number of amides is 1. The summed E-state index contributed by atoms with van der Waals surface area (Å²) in [6, 6.07) is 2.07. The summed E-state index contributed by atoms with van der Waals surface area (Å²) in [5.41, 5.74) is 1.78. The lowest BCUT2D eigenvalue weighted by atomic mass is 10.2. The molecule has 0 aliphatic carbocycles. The second-order valence-electron chi connectivity index (χ2n) is 4.67. The van der Waals surface area contributed by atoms with Crippen LogP contribution in [0.5, 0.6) is 0 Å². The molecule has 2 heterocycles. The van der Waals surface area contributed by atoms with Crippen molar-refractivity contribution in [1.29, 1.82) is 0 Å². The molecule has 2 rings (SSSR count). The van der Waals surface area contributed by atoms with Gasteiger partial charge in [-0.05, 0) is 32.8 Å². The Hall–Kier alpha value is -1.98. The number of carbonyl (C=O) groups is 1. The molecule has 2 aromatic rings. The zero-order valence-electron chi connectivity index (χ0n) is 11.8. The molecule has 0 radical (unpaired) electrons. The van der Waals surface area contributed by atoms with E-state index in [1.165, 1.54) is 0 Å². The van der Waals surface area contributed by atoms with Crippen molar-refractivity contribution in [3.8, 4) is 0 Å². The van der Waals surface area contributed by atoms with Crippen molar-refractivity contribution < 1.29 is 4.79 Å². The first-order valence-electron chi connectivity index (χ1n) is 6.57. The van der Waals surface area contributed by atoms with Crippen molar-refractivity contribution in [3.63, 3.8) is 0 Å². The fourth-order valence-electron chi connectivity index (χ4n) is 2.01. The van der Waals surface area contributed by atoms with Crippen LogP contribution in [0.15, 0.2) is 6.07 Å². The van der Waals surface area contributed by atoms with Crippen molar-refractivity contribution in [2.75, 3.05) is 0 Å². The van der Waals surface area contributed by atoms with E-state index in [0.29, 0.717) is 5.78 Å². The highest BCUT2D eigenvalue weighted by Gasteiger charge is 2.17. The summed E-state index contributed by atoms with van der Waals surface area (Å²) in [6.07, 6.45) is 1.79. The lowest BCUT2D eigenvalue weighted by Gasteiger charge is -2.12. The van der Waals surface area contributed by atoms with Gasteiger partial charge < -0.3 is 5.32 Å². The minimum Gasteiger partial charge on any atom is -0.347 e. The van der Waals surface area contributed by atoms with Gasteiger partial charge in [0.1, 0.15) is 0 Å². The number of carbonyl (C=O) groups excluding carboxylic acids is 1. The quantitative estimate of drug-likeness (QED) is 0.908. The molecule has 0 aliphatic heterocycles. The first kappa shape index (κ1) is 13.5. The first-order valence-corrected chi connectivity index (χ1v) is 6.57. The van der Waals surface area contributed by atoms with Crippen LogP contribution >= 0.6 is 0 Å². The average Bonchev–Trinajstić information content (AvgIpc) is 2.79. The smallest absolute Gasteiger partial charge is 0.291 e. The van der Waals surface area contributed by atoms with Crippen LogP contribution in [0.2, 0.25) is 0 Å². The maximum absolute atomic E-state index is 12.1. The predicted molar refractivity (Wildman–Crippen MR) is 72.1 cm³/mol. The van der Waals surface area contributed by atoms with Gasteiger partial charge in [0.05, 0.1) is 0 Å². The van der Waals surface area contributed by atoms with Crippen molar-refractivity contribution in [2.24, 2.45) is 0 Å². The number of aryl methyl sites for hydroxylation is 2. The number of rotatable bonds is 4. The molecule has 0 aromatic carbocycles. The Morgan fingerprint density at radius 3 is 2.63 bits per heavy atom. The molecule has 102 valence electrons. The molecule has 0 saturated carbocycles. The SMILES string of the molecule is CCC(CC)NC(=O)c1nc2nc(C)cc(C)n2n1. The highest BCUT2D eigenvalue weighted by Crippen LogP contribution is 2.06. The Morgan fingerprint density at radius 1 is 1.32 bits per heavy atom. The molecule has 6 nitrogen and oxygen atoms in total. The fourth-order valence-corrected chi connectivity index (χ4v) is 2.01. The zero-order valence-corrected chi connectivity index (χ0v) is 11.8. The second-order valence-corrected chi connectivity index (χ2v) is 4.67. The molecule has 0 spiro atoms. The van der Waals surface area contributed by atoms with Gasteiger partial charge in [0.25, 0.3) is 11.7 Å². The number of nitrogens with one attached hydrogen (secondary N) is 1. The summed E-state index contributed by atoms with van der Waals surface area (Å²) < 4.78 is 1.59.